The van der Waals surface area contributed by atoms with Crippen LogP contribution in [0.15, 0.2) is 30.3 Å². The van der Waals surface area contributed by atoms with E-state index in [-0.39, 0.29) is 5.97 Å². The minimum Gasteiger partial charge on any atom is -0.465 e. The molecule has 1 N–H and O–H groups in total. The van der Waals surface area contributed by atoms with Crippen LogP contribution in [0.5, 0.6) is 0 Å². The van der Waals surface area contributed by atoms with E-state index in [4.69, 9.17) is 4.74 Å². The summed E-state index contributed by atoms with van der Waals surface area (Å²) in [4.78, 5) is 12.0. The molecule has 2 atom stereocenters. The highest BCUT2D eigenvalue weighted by molar-refractivity contribution is 7.84. The number of benzene rings is 1. The molecule has 0 radical (unpaired) electrons. The maximum absolute atomic E-state index is 12.2. The SMILES string of the molecule is CCOC(=O)[C@H](Cc1ccccc1)N[S@@](=O)C(C)(C)C. The minimum absolute atomic E-state index is 0.313. The lowest BCUT2D eigenvalue weighted by Crippen LogP contribution is -2.45. The second kappa shape index (κ2) is 7.55. The van der Waals surface area contributed by atoms with Crippen LogP contribution in [-0.4, -0.2) is 27.6 Å². The van der Waals surface area contributed by atoms with Gasteiger partial charge in [-0.3, -0.25) is 4.79 Å². The molecule has 1 aromatic rings. The van der Waals surface area contributed by atoms with Crippen molar-refractivity contribution in [2.45, 2.75) is 44.9 Å². The van der Waals surface area contributed by atoms with E-state index in [0.29, 0.717) is 13.0 Å². The van der Waals surface area contributed by atoms with Gasteiger partial charge in [-0.05, 0) is 39.7 Å². The molecule has 0 unspecified atom stereocenters. The average molecular weight is 297 g/mol. The maximum Gasteiger partial charge on any atom is 0.324 e. The van der Waals surface area contributed by atoms with Crippen LogP contribution in [0.1, 0.15) is 33.3 Å². The zero-order chi connectivity index (χ0) is 15.2. The molecule has 1 aromatic carbocycles. The highest BCUT2D eigenvalue weighted by atomic mass is 32.2. The van der Waals surface area contributed by atoms with Crippen molar-refractivity contribution in [3.05, 3.63) is 35.9 Å². The third kappa shape index (κ3) is 5.43. The van der Waals surface area contributed by atoms with Crippen LogP contribution in [0.2, 0.25) is 0 Å². The Morgan fingerprint density at radius 2 is 1.90 bits per heavy atom. The number of ether oxygens (including phenoxy) is 1. The molecule has 0 fully saturated rings. The number of carbonyl (C=O) groups excluding carboxylic acids is 1. The fourth-order valence-electron chi connectivity index (χ4n) is 1.57. The van der Waals surface area contributed by atoms with E-state index in [1.54, 1.807) is 6.92 Å². The van der Waals surface area contributed by atoms with E-state index >= 15 is 0 Å². The molecule has 0 aliphatic heterocycles. The summed E-state index contributed by atoms with van der Waals surface area (Å²) in [6.07, 6.45) is 0.460. The van der Waals surface area contributed by atoms with Crippen molar-refractivity contribution < 1.29 is 13.7 Å². The van der Waals surface area contributed by atoms with Gasteiger partial charge in [-0.2, -0.15) is 0 Å². The van der Waals surface area contributed by atoms with E-state index in [2.05, 4.69) is 4.72 Å². The molecule has 0 aromatic heterocycles. The Morgan fingerprint density at radius 3 is 2.40 bits per heavy atom. The smallest absolute Gasteiger partial charge is 0.324 e. The zero-order valence-electron chi connectivity index (χ0n) is 12.5. The molecule has 4 nitrogen and oxygen atoms in total. The summed E-state index contributed by atoms with van der Waals surface area (Å²) < 4.78 is 19.7. The monoisotopic (exact) mass is 297 g/mol. The number of nitrogens with one attached hydrogen (secondary N) is 1. The summed E-state index contributed by atoms with van der Waals surface area (Å²) in [5, 5.41) is 0. The Morgan fingerprint density at radius 1 is 1.30 bits per heavy atom. The second-order valence-corrected chi connectivity index (χ2v) is 7.49. The fraction of sp³-hybridized carbons (Fsp3) is 0.533. The van der Waals surface area contributed by atoms with E-state index < -0.39 is 21.8 Å². The van der Waals surface area contributed by atoms with Gasteiger partial charge in [0.15, 0.2) is 0 Å². The quantitative estimate of drug-likeness (QED) is 0.819. The molecule has 112 valence electrons. The van der Waals surface area contributed by atoms with Gasteiger partial charge < -0.3 is 4.74 Å². The fourth-order valence-corrected chi connectivity index (χ4v) is 2.36. The molecule has 0 spiro atoms. The van der Waals surface area contributed by atoms with Crippen molar-refractivity contribution in [2.24, 2.45) is 0 Å². The summed E-state index contributed by atoms with van der Waals surface area (Å²) in [5.74, 6) is -0.367. The van der Waals surface area contributed by atoms with Crippen LogP contribution < -0.4 is 4.72 Å². The van der Waals surface area contributed by atoms with Gasteiger partial charge in [-0.1, -0.05) is 30.3 Å². The molecule has 0 amide bonds. The molecule has 0 bridgehead atoms. The molecule has 1 rings (SSSR count). The predicted molar refractivity (Wildman–Crippen MR) is 81.6 cm³/mol. The van der Waals surface area contributed by atoms with Gasteiger partial charge in [0.2, 0.25) is 0 Å². The topological polar surface area (TPSA) is 55.4 Å². The van der Waals surface area contributed by atoms with E-state index in [1.807, 2.05) is 51.1 Å². The molecule has 0 heterocycles. The maximum atomic E-state index is 12.2. The first-order valence-electron chi connectivity index (χ1n) is 6.73. The van der Waals surface area contributed by atoms with Crippen molar-refractivity contribution >= 4 is 17.0 Å². The van der Waals surface area contributed by atoms with Crippen molar-refractivity contribution in [2.75, 3.05) is 6.61 Å². The summed E-state index contributed by atoms with van der Waals surface area (Å²) >= 11 is 0. The Balaban J connectivity index is 2.81. The average Bonchev–Trinajstić information content (AvgIpc) is 2.38. The molecule has 5 heteroatoms. The Kier molecular flexibility index (Phi) is 6.36. The van der Waals surface area contributed by atoms with Gasteiger partial charge in [-0.15, -0.1) is 0 Å². The number of rotatable bonds is 6. The van der Waals surface area contributed by atoms with Gasteiger partial charge in [0.05, 0.1) is 22.3 Å². The molecule has 0 saturated heterocycles. The van der Waals surface area contributed by atoms with E-state index in [1.165, 1.54) is 0 Å². The standard InChI is InChI=1S/C15H23NO3S/c1-5-19-14(17)13(16-20(18)15(2,3)4)11-12-9-7-6-8-10-12/h6-10,13,16H,5,11H2,1-4H3/t13-,20-/m0/s1. The lowest BCUT2D eigenvalue weighted by atomic mass is 10.1. The van der Waals surface area contributed by atoms with Crippen LogP contribution in [0.4, 0.5) is 0 Å². The van der Waals surface area contributed by atoms with Gasteiger partial charge in [-0.25, -0.2) is 8.93 Å². The normalized spacial score (nSPS) is 14.6. The van der Waals surface area contributed by atoms with Crippen molar-refractivity contribution in [3.63, 3.8) is 0 Å². The highest BCUT2D eigenvalue weighted by Crippen LogP contribution is 2.12. The van der Waals surface area contributed by atoms with Crippen LogP contribution in [0, 0.1) is 0 Å². The number of hydrogen-bond donors (Lipinski definition) is 1. The van der Waals surface area contributed by atoms with Crippen molar-refractivity contribution in [1.29, 1.82) is 0 Å². The molecular weight excluding hydrogens is 274 g/mol. The molecular formula is C15H23NO3S. The van der Waals surface area contributed by atoms with Gasteiger partial charge in [0.25, 0.3) is 0 Å². The molecule has 0 saturated carbocycles. The van der Waals surface area contributed by atoms with Gasteiger partial charge in [0.1, 0.15) is 6.04 Å². The Labute approximate surface area is 123 Å². The van der Waals surface area contributed by atoms with Crippen LogP contribution in [0.3, 0.4) is 0 Å². The minimum atomic E-state index is -1.32. The van der Waals surface area contributed by atoms with E-state index in [9.17, 15) is 9.00 Å². The number of esters is 1. The third-order valence-corrected chi connectivity index (χ3v) is 4.27. The third-order valence-electron chi connectivity index (χ3n) is 2.66. The first-order valence-corrected chi connectivity index (χ1v) is 7.88. The number of carbonyl (C=O) groups is 1. The molecule has 20 heavy (non-hydrogen) atoms. The van der Waals surface area contributed by atoms with Crippen LogP contribution in [0.25, 0.3) is 0 Å². The van der Waals surface area contributed by atoms with Crippen LogP contribution >= 0.6 is 0 Å². The van der Waals surface area contributed by atoms with Gasteiger partial charge >= 0.3 is 5.97 Å². The zero-order valence-corrected chi connectivity index (χ0v) is 13.3. The Hall–Kier alpha value is -1.20. The van der Waals surface area contributed by atoms with Crippen molar-refractivity contribution in [3.8, 4) is 0 Å². The van der Waals surface area contributed by atoms with Crippen LogP contribution in [-0.2, 0) is 26.9 Å². The largest absolute Gasteiger partial charge is 0.465 e. The summed E-state index contributed by atoms with van der Waals surface area (Å²) in [5.41, 5.74) is 1.00. The predicted octanol–water partition coefficient (Wildman–Crippen LogP) is 2.21. The first-order chi connectivity index (χ1) is 9.34. The summed E-state index contributed by atoms with van der Waals surface area (Å²) in [6.45, 7) is 7.66. The lowest BCUT2D eigenvalue weighted by Gasteiger charge is -2.23. The first kappa shape index (κ1) is 16.9. The van der Waals surface area contributed by atoms with Crippen molar-refractivity contribution in [1.82, 2.24) is 4.72 Å². The molecule has 0 aliphatic rings. The van der Waals surface area contributed by atoms with E-state index in [0.717, 1.165) is 5.56 Å². The summed E-state index contributed by atoms with van der Waals surface area (Å²) in [7, 11) is -1.32. The highest BCUT2D eigenvalue weighted by Gasteiger charge is 2.27. The Bertz CT molecular complexity index is 454. The summed E-state index contributed by atoms with van der Waals surface area (Å²) in [6, 6.07) is 9.03. The second-order valence-electron chi connectivity index (χ2n) is 5.49. The lowest BCUT2D eigenvalue weighted by molar-refractivity contribution is -0.145. The van der Waals surface area contributed by atoms with Gasteiger partial charge in [0, 0.05) is 0 Å². The molecule has 0 aliphatic carbocycles. The number of hydrogen-bond acceptors (Lipinski definition) is 3.